The fraction of sp³-hybridized carbons (Fsp3) is 0.864. The monoisotopic (exact) mass is 706 g/mol. The van der Waals surface area contributed by atoms with Crippen LogP contribution in [-0.4, -0.2) is 67.3 Å². The van der Waals surface area contributed by atoms with E-state index in [4.69, 9.17) is 9.47 Å². The van der Waals surface area contributed by atoms with Crippen LogP contribution in [0, 0.1) is 0 Å². The predicted octanol–water partition coefficient (Wildman–Crippen LogP) is 11.9. The minimum atomic E-state index is -0.0397. The largest absolute Gasteiger partial charge is 0.462 e. The maximum absolute atomic E-state index is 12.6. The molecule has 0 radical (unpaired) electrons. The molecule has 0 bridgehead atoms. The Morgan fingerprint density at radius 1 is 0.560 bits per heavy atom. The molecule has 0 saturated carbocycles. The number of unbranched alkanes of at least 4 members (excludes halogenated alkanes) is 17. The second kappa shape index (κ2) is 40.3. The highest BCUT2D eigenvalue weighted by Crippen LogP contribution is 2.15. The predicted molar refractivity (Wildman–Crippen MR) is 214 cm³/mol. The van der Waals surface area contributed by atoms with Crippen molar-refractivity contribution in [2.75, 3.05) is 39.5 Å². The highest BCUT2D eigenvalue weighted by atomic mass is 16.5. The SMILES string of the molecule is CCCC/C=C\CCC(CC/C=C\CCCC)OC(=O)CCCCCCCN(CCO)CCCCCC(=O)COCCCCCCCCCC. The summed E-state index contributed by atoms with van der Waals surface area (Å²) in [5, 5.41) is 9.53. The van der Waals surface area contributed by atoms with Crippen molar-refractivity contribution >= 4 is 11.8 Å². The Morgan fingerprint density at radius 2 is 1.04 bits per heavy atom. The summed E-state index contributed by atoms with van der Waals surface area (Å²) in [4.78, 5) is 27.2. The summed E-state index contributed by atoms with van der Waals surface area (Å²) < 4.78 is 11.6. The van der Waals surface area contributed by atoms with Crippen molar-refractivity contribution in [3.8, 4) is 0 Å². The van der Waals surface area contributed by atoms with Crippen LogP contribution in [0.3, 0.4) is 0 Å². The van der Waals surface area contributed by atoms with Gasteiger partial charge in [-0.05, 0) is 83.7 Å². The van der Waals surface area contributed by atoms with E-state index >= 15 is 0 Å². The summed E-state index contributed by atoms with van der Waals surface area (Å²) in [5.41, 5.74) is 0. The number of rotatable bonds is 40. The zero-order chi connectivity index (χ0) is 36.6. The maximum Gasteiger partial charge on any atom is 0.306 e. The number of Topliss-reactive ketones (excluding diaryl/α,β-unsaturated/α-hetero) is 1. The second-order valence-electron chi connectivity index (χ2n) is 14.5. The van der Waals surface area contributed by atoms with Crippen LogP contribution in [-0.2, 0) is 19.1 Å². The number of ether oxygens (including phenoxy) is 2. The van der Waals surface area contributed by atoms with Gasteiger partial charge in [0.25, 0.3) is 0 Å². The average Bonchev–Trinajstić information content (AvgIpc) is 3.11. The number of esters is 1. The Hall–Kier alpha value is -1.50. The van der Waals surface area contributed by atoms with Crippen molar-refractivity contribution in [2.24, 2.45) is 0 Å². The van der Waals surface area contributed by atoms with E-state index in [1.807, 2.05) is 0 Å². The topological polar surface area (TPSA) is 76.1 Å². The lowest BCUT2D eigenvalue weighted by atomic mass is 10.1. The van der Waals surface area contributed by atoms with Crippen LogP contribution < -0.4 is 0 Å². The smallest absolute Gasteiger partial charge is 0.306 e. The van der Waals surface area contributed by atoms with Crippen molar-refractivity contribution in [3.63, 3.8) is 0 Å². The highest BCUT2D eigenvalue weighted by Gasteiger charge is 2.13. The number of allylic oxidation sites excluding steroid dienone is 4. The molecular weight excluding hydrogens is 622 g/mol. The first-order chi connectivity index (χ1) is 24.6. The van der Waals surface area contributed by atoms with E-state index in [1.54, 1.807) is 0 Å². The molecule has 0 fully saturated rings. The number of nitrogens with zero attached hydrogens (tertiary/aromatic N) is 1. The third-order valence-corrected chi connectivity index (χ3v) is 9.50. The molecule has 0 amide bonds. The lowest BCUT2D eigenvalue weighted by molar-refractivity contribution is -0.149. The molecule has 294 valence electrons. The van der Waals surface area contributed by atoms with Crippen LogP contribution >= 0.6 is 0 Å². The molecule has 6 nitrogen and oxygen atoms in total. The summed E-state index contributed by atoms with van der Waals surface area (Å²) in [6.45, 7) is 10.5. The van der Waals surface area contributed by atoms with E-state index in [0.29, 0.717) is 26.0 Å². The first kappa shape index (κ1) is 48.5. The molecule has 0 saturated heterocycles. The number of hydrogen-bond acceptors (Lipinski definition) is 6. The van der Waals surface area contributed by atoms with Gasteiger partial charge in [0.2, 0.25) is 0 Å². The highest BCUT2D eigenvalue weighted by molar-refractivity contribution is 5.79. The van der Waals surface area contributed by atoms with Gasteiger partial charge >= 0.3 is 5.97 Å². The maximum atomic E-state index is 12.6. The van der Waals surface area contributed by atoms with Gasteiger partial charge in [-0.25, -0.2) is 0 Å². The van der Waals surface area contributed by atoms with Crippen LogP contribution in [0.2, 0.25) is 0 Å². The van der Waals surface area contributed by atoms with E-state index in [1.165, 1.54) is 70.6 Å². The normalized spacial score (nSPS) is 12.0. The summed E-state index contributed by atoms with van der Waals surface area (Å²) in [7, 11) is 0. The fourth-order valence-electron chi connectivity index (χ4n) is 6.23. The van der Waals surface area contributed by atoms with Crippen LogP contribution in [0.5, 0.6) is 0 Å². The molecule has 0 atom stereocenters. The minimum Gasteiger partial charge on any atom is -0.462 e. The van der Waals surface area contributed by atoms with Crippen molar-refractivity contribution in [1.29, 1.82) is 0 Å². The molecule has 0 unspecified atom stereocenters. The molecule has 0 aromatic carbocycles. The summed E-state index contributed by atoms with van der Waals surface area (Å²) in [6.07, 6.45) is 39.7. The molecule has 1 N–H and O–H groups in total. The van der Waals surface area contributed by atoms with Crippen LogP contribution in [0.1, 0.15) is 201 Å². The average molecular weight is 706 g/mol. The Morgan fingerprint density at radius 3 is 1.62 bits per heavy atom. The van der Waals surface area contributed by atoms with Gasteiger partial charge in [0.15, 0.2) is 5.78 Å². The first-order valence-corrected chi connectivity index (χ1v) is 21.5. The van der Waals surface area contributed by atoms with Gasteiger partial charge < -0.3 is 19.5 Å². The van der Waals surface area contributed by atoms with E-state index < -0.39 is 0 Å². The molecule has 0 spiro atoms. The second-order valence-corrected chi connectivity index (χ2v) is 14.5. The summed E-state index contributed by atoms with van der Waals surface area (Å²) >= 11 is 0. The zero-order valence-electron chi connectivity index (χ0n) is 33.5. The number of aliphatic hydroxyl groups excluding tert-OH is 1. The van der Waals surface area contributed by atoms with Gasteiger partial charge in [0.05, 0.1) is 6.61 Å². The first-order valence-electron chi connectivity index (χ1n) is 21.5. The number of carbonyl (C=O) groups is 2. The van der Waals surface area contributed by atoms with Crippen LogP contribution in [0.4, 0.5) is 0 Å². The number of aliphatic hydroxyl groups is 1. The number of ketones is 1. The number of carbonyl (C=O) groups excluding carboxylic acids is 2. The standard InChI is InChI=1S/C44H83NO5/c1-4-7-10-13-16-17-23-31-40-49-41-42(47)32-25-24-30-37-45(38-39-46)36-29-22-18-21-28-35-44(48)50-43(33-26-19-14-11-8-5-2)34-27-20-15-12-9-6-3/h14-15,19-20,43,46H,4-13,16-18,21-41H2,1-3H3/b19-14-,20-15-. The van der Waals surface area contributed by atoms with Crippen molar-refractivity contribution < 1.29 is 24.2 Å². The quantitative estimate of drug-likeness (QED) is 0.0388. The molecular formula is C44H83NO5. The Balaban J connectivity index is 4.01. The Kier molecular flexibility index (Phi) is 39.1. The molecule has 0 aliphatic heterocycles. The third-order valence-electron chi connectivity index (χ3n) is 9.50. The van der Waals surface area contributed by atoms with Gasteiger partial charge in [-0.3, -0.25) is 9.59 Å². The van der Waals surface area contributed by atoms with Gasteiger partial charge in [-0.1, -0.05) is 141 Å². The molecule has 6 heteroatoms. The van der Waals surface area contributed by atoms with E-state index in [2.05, 4.69) is 50.0 Å². The molecule has 0 aliphatic rings. The lowest BCUT2D eigenvalue weighted by Gasteiger charge is -2.21. The summed E-state index contributed by atoms with van der Waals surface area (Å²) in [6, 6.07) is 0. The van der Waals surface area contributed by atoms with Gasteiger partial charge in [-0.2, -0.15) is 0 Å². The molecule has 0 heterocycles. The van der Waals surface area contributed by atoms with E-state index in [9.17, 15) is 14.7 Å². The molecule has 0 aromatic rings. The third kappa shape index (κ3) is 36.3. The fourth-order valence-corrected chi connectivity index (χ4v) is 6.23. The molecule has 0 aromatic heterocycles. The lowest BCUT2D eigenvalue weighted by Crippen LogP contribution is -2.29. The molecule has 0 aliphatic carbocycles. The molecule has 50 heavy (non-hydrogen) atoms. The van der Waals surface area contributed by atoms with Gasteiger partial charge in [-0.15, -0.1) is 0 Å². The zero-order valence-corrected chi connectivity index (χ0v) is 33.5. The Bertz CT molecular complexity index is 760. The Labute approximate surface area is 310 Å². The van der Waals surface area contributed by atoms with Gasteiger partial charge in [0.1, 0.15) is 12.7 Å². The number of hydrogen-bond donors (Lipinski definition) is 1. The van der Waals surface area contributed by atoms with Crippen molar-refractivity contribution in [1.82, 2.24) is 4.90 Å². The van der Waals surface area contributed by atoms with E-state index in [-0.39, 0.29) is 31.1 Å². The van der Waals surface area contributed by atoms with Crippen molar-refractivity contribution in [2.45, 2.75) is 207 Å². The van der Waals surface area contributed by atoms with Crippen LogP contribution in [0.15, 0.2) is 24.3 Å². The summed E-state index contributed by atoms with van der Waals surface area (Å²) in [5.74, 6) is 0.183. The minimum absolute atomic E-state index is 0.00975. The van der Waals surface area contributed by atoms with Crippen LogP contribution in [0.25, 0.3) is 0 Å². The van der Waals surface area contributed by atoms with Crippen molar-refractivity contribution in [3.05, 3.63) is 24.3 Å². The van der Waals surface area contributed by atoms with Gasteiger partial charge in [0, 0.05) is 26.0 Å². The van der Waals surface area contributed by atoms with E-state index in [0.717, 1.165) is 109 Å². The molecule has 0 rings (SSSR count).